The summed E-state index contributed by atoms with van der Waals surface area (Å²) in [6, 6.07) is 10.7. The molecule has 0 radical (unpaired) electrons. The predicted octanol–water partition coefficient (Wildman–Crippen LogP) is 1.86. The molecule has 4 heteroatoms. The molecule has 2 fully saturated rings. The fraction of sp³-hybridized carbons (Fsp3) is 0.533. The van der Waals surface area contributed by atoms with Crippen molar-refractivity contribution in [1.82, 2.24) is 4.90 Å². The second-order valence-electron chi connectivity index (χ2n) is 5.15. The van der Waals surface area contributed by atoms with Crippen molar-refractivity contribution >= 4 is 11.7 Å². The maximum atomic E-state index is 12.3. The van der Waals surface area contributed by atoms with Gasteiger partial charge in [-0.05, 0) is 31.9 Å². The van der Waals surface area contributed by atoms with Gasteiger partial charge in [-0.15, -0.1) is 0 Å². The van der Waals surface area contributed by atoms with Crippen LogP contribution in [0.25, 0.3) is 0 Å². The van der Waals surface area contributed by atoms with Crippen molar-refractivity contribution < 1.29 is 9.53 Å². The van der Waals surface area contributed by atoms with Gasteiger partial charge in [0, 0.05) is 24.8 Å². The van der Waals surface area contributed by atoms with Gasteiger partial charge in [-0.3, -0.25) is 4.90 Å². The van der Waals surface area contributed by atoms with Crippen LogP contribution in [0.3, 0.4) is 0 Å². The van der Waals surface area contributed by atoms with Gasteiger partial charge in [0.05, 0.1) is 6.61 Å². The summed E-state index contributed by atoms with van der Waals surface area (Å²) >= 11 is 0. The molecule has 3 rings (SSSR count). The van der Waals surface area contributed by atoms with Gasteiger partial charge in [-0.25, -0.2) is 4.79 Å². The fourth-order valence-electron chi connectivity index (χ4n) is 3.23. The summed E-state index contributed by atoms with van der Waals surface area (Å²) in [4.78, 5) is 16.7. The fourth-order valence-corrected chi connectivity index (χ4v) is 3.23. The third kappa shape index (κ3) is 2.21. The molecular weight excluding hydrogens is 240 g/mol. The van der Waals surface area contributed by atoms with E-state index in [0.717, 1.165) is 18.8 Å². The molecule has 1 aromatic carbocycles. The second-order valence-corrected chi connectivity index (χ2v) is 5.15. The molecule has 0 aliphatic carbocycles. The zero-order valence-corrected chi connectivity index (χ0v) is 11.3. The molecule has 2 atom stereocenters. The van der Waals surface area contributed by atoms with E-state index in [4.69, 9.17) is 4.74 Å². The number of hydrogen-bond donors (Lipinski definition) is 0. The van der Waals surface area contributed by atoms with Crippen LogP contribution in [0.2, 0.25) is 0 Å². The average molecular weight is 260 g/mol. The van der Waals surface area contributed by atoms with E-state index < -0.39 is 0 Å². The highest BCUT2D eigenvalue weighted by molar-refractivity contribution is 5.80. The van der Waals surface area contributed by atoms with Gasteiger partial charge in [0.15, 0.2) is 6.17 Å². The Bertz CT molecular complexity index is 449. The molecule has 2 saturated heterocycles. The molecule has 2 heterocycles. The number of carbonyl (C=O) groups excluding carboxylic acids is 1. The highest BCUT2D eigenvalue weighted by Crippen LogP contribution is 2.33. The van der Waals surface area contributed by atoms with Gasteiger partial charge in [0.25, 0.3) is 0 Å². The summed E-state index contributed by atoms with van der Waals surface area (Å²) in [5, 5.41) is 0. The molecule has 0 spiro atoms. The average Bonchev–Trinajstić information content (AvgIpc) is 2.99. The van der Waals surface area contributed by atoms with E-state index in [9.17, 15) is 4.79 Å². The summed E-state index contributed by atoms with van der Waals surface area (Å²) < 4.78 is 5.26. The SMILES string of the molecule is CCOC(=O)C1N(c2ccccc2)CC2CCCN21. The largest absolute Gasteiger partial charge is 0.463 e. The number of esters is 1. The van der Waals surface area contributed by atoms with Crippen molar-refractivity contribution in [2.45, 2.75) is 32.0 Å². The minimum Gasteiger partial charge on any atom is -0.463 e. The van der Waals surface area contributed by atoms with Gasteiger partial charge in [-0.2, -0.15) is 0 Å². The lowest BCUT2D eigenvalue weighted by Crippen LogP contribution is -2.46. The molecule has 0 amide bonds. The van der Waals surface area contributed by atoms with Gasteiger partial charge >= 0.3 is 5.97 Å². The van der Waals surface area contributed by atoms with E-state index in [-0.39, 0.29) is 12.1 Å². The Kier molecular flexibility index (Phi) is 3.42. The van der Waals surface area contributed by atoms with Crippen molar-refractivity contribution in [2.75, 3.05) is 24.6 Å². The normalized spacial score (nSPS) is 26.5. The Morgan fingerprint density at radius 3 is 2.89 bits per heavy atom. The monoisotopic (exact) mass is 260 g/mol. The Balaban J connectivity index is 1.88. The quantitative estimate of drug-likeness (QED) is 0.777. The number of fused-ring (bicyclic) bond motifs is 1. The molecule has 2 aliphatic heterocycles. The summed E-state index contributed by atoms with van der Waals surface area (Å²) in [5.74, 6) is -0.115. The lowest BCUT2D eigenvalue weighted by Gasteiger charge is -2.28. The minimum absolute atomic E-state index is 0.115. The highest BCUT2D eigenvalue weighted by Gasteiger charge is 2.46. The van der Waals surface area contributed by atoms with Crippen LogP contribution < -0.4 is 4.90 Å². The first-order chi connectivity index (χ1) is 9.31. The van der Waals surface area contributed by atoms with Crippen molar-refractivity contribution in [3.8, 4) is 0 Å². The molecule has 0 aromatic heterocycles. The van der Waals surface area contributed by atoms with E-state index in [1.165, 1.54) is 12.8 Å². The third-order valence-electron chi connectivity index (χ3n) is 4.02. The molecule has 1 aromatic rings. The molecule has 19 heavy (non-hydrogen) atoms. The van der Waals surface area contributed by atoms with Gasteiger partial charge in [0.1, 0.15) is 0 Å². The van der Waals surface area contributed by atoms with E-state index in [1.54, 1.807) is 0 Å². The van der Waals surface area contributed by atoms with Crippen molar-refractivity contribution in [1.29, 1.82) is 0 Å². The van der Waals surface area contributed by atoms with Crippen LogP contribution in [0.4, 0.5) is 5.69 Å². The Labute approximate surface area is 113 Å². The first-order valence-electron chi connectivity index (χ1n) is 7.05. The lowest BCUT2D eigenvalue weighted by atomic mass is 10.2. The van der Waals surface area contributed by atoms with Crippen LogP contribution in [0.15, 0.2) is 30.3 Å². The number of ether oxygens (including phenoxy) is 1. The van der Waals surface area contributed by atoms with Crippen LogP contribution in [0.1, 0.15) is 19.8 Å². The first kappa shape index (κ1) is 12.5. The van der Waals surface area contributed by atoms with Crippen LogP contribution in [-0.4, -0.2) is 42.8 Å². The van der Waals surface area contributed by atoms with Crippen LogP contribution >= 0.6 is 0 Å². The number of rotatable bonds is 3. The minimum atomic E-state index is -0.241. The third-order valence-corrected chi connectivity index (χ3v) is 4.02. The molecule has 0 bridgehead atoms. The van der Waals surface area contributed by atoms with Gasteiger partial charge in [0.2, 0.25) is 0 Å². The summed E-state index contributed by atoms with van der Waals surface area (Å²) in [7, 11) is 0. The number of hydrogen-bond acceptors (Lipinski definition) is 4. The predicted molar refractivity (Wildman–Crippen MR) is 73.9 cm³/mol. The molecular formula is C15H20N2O2. The maximum absolute atomic E-state index is 12.3. The van der Waals surface area contributed by atoms with Crippen molar-refractivity contribution in [3.05, 3.63) is 30.3 Å². The first-order valence-corrected chi connectivity index (χ1v) is 7.05. The van der Waals surface area contributed by atoms with Gasteiger partial charge in [-0.1, -0.05) is 18.2 Å². The van der Waals surface area contributed by atoms with Crippen LogP contribution in [0.5, 0.6) is 0 Å². The molecule has 4 nitrogen and oxygen atoms in total. The van der Waals surface area contributed by atoms with Crippen molar-refractivity contribution in [3.63, 3.8) is 0 Å². The van der Waals surface area contributed by atoms with Crippen molar-refractivity contribution in [2.24, 2.45) is 0 Å². The van der Waals surface area contributed by atoms with E-state index >= 15 is 0 Å². The second kappa shape index (κ2) is 5.21. The number of carbonyl (C=O) groups is 1. The van der Waals surface area contributed by atoms with Crippen LogP contribution in [0, 0.1) is 0 Å². The number of benzene rings is 1. The standard InChI is InChI=1S/C15H20N2O2/c1-2-19-15(18)14-16-10-6-9-13(16)11-17(14)12-7-4-3-5-8-12/h3-5,7-8,13-14H,2,6,9-11H2,1H3. The Morgan fingerprint density at radius 1 is 1.37 bits per heavy atom. The number of nitrogens with zero attached hydrogens (tertiary/aromatic N) is 2. The Hall–Kier alpha value is -1.55. The maximum Gasteiger partial charge on any atom is 0.344 e. The smallest absolute Gasteiger partial charge is 0.344 e. The summed E-state index contributed by atoms with van der Waals surface area (Å²) in [5.41, 5.74) is 1.11. The van der Waals surface area contributed by atoms with E-state index in [1.807, 2.05) is 25.1 Å². The van der Waals surface area contributed by atoms with Gasteiger partial charge < -0.3 is 9.64 Å². The highest BCUT2D eigenvalue weighted by atomic mass is 16.5. The lowest BCUT2D eigenvalue weighted by molar-refractivity contribution is -0.148. The molecule has 0 N–H and O–H groups in total. The number of anilines is 1. The van der Waals surface area contributed by atoms with Crippen LogP contribution in [-0.2, 0) is 9.53 Å². The number of para-hydroxylation sites is 1. The zero-order chi connectivity index (χ0) is 13.2. The molecule has 0 saturated carbocycles. The topological polar surface area (TPSA) is 32.8 Å². The summed E-state index contributed by atoms with van der Waals surface area (Å²) in [6.07, 6.45) is 2.12. The molecule has 102 valence electrons. The zero-order valence-electron chi connectivity index (χ0n) is 11.3. The molecule has 2 aliphatic rings. The van der Waals surface area contributed by atoms with E-state index in [2.05, 4.69) is 21.9 Å². The molecule has 2 unspecified atom stereocenters. The Morgan fingerprint density at radius 2 is 2.16 bits per heavy atom. The van der Waals surface area contributed by atoms with E-state index in [0.29, 0.717) is 12.6 Å². The summed E-state index contributed by atoms with van der Waals surface area (Å²) in [6.45, 7) is 4.22.